The van der Waals surface area contributed by atoms with Gasteiger partial charge in [0.2, 0.25) is 0 Å². The van der Waals surface area contributed by atoms with Gasteiger partial charge in [-0.1, -0.05) is 12.1 Å². The summed E-state index contributed by atoms with van der Waals surface area (Å²) >= 11 is 0. The molecule has 0 saturated heterocycles. The van der Waals surface area contributed by atoms with Gasteiger partial charge in [-0.3, -0.25) is 14.9 Å². The fourth-order valence-corrected chi connectivity index (χ4v) is 2.22. The number of hydrogen-bond donors (Lipinski definition) is 3. The van der Waals surface area contributed by atoms with E-state index in [1.807, 2.05) is 36.4 Å². The van der Waals surface area contributed by atoms with E-state index in [-0.39, 0.29) is 19.8 Å². The Kier molecular flexibility index (Phi) is 5.97. The molecule has 2 rings (SSSR count). The lowest BCUT2D eigenvalue weighted by atomic mass is 9.99. The van der Waals surface area contributed by atoms with Crippen LogP contribution < -0.4 is 0 Å². The zero-order chi connectivity index (χ0) is 15.8. The Labute approximate surface area is 129 Å². The van der Waals surface area contributed by atoms with Gasteiger partial charge in [-0.25, -0.2) is 0 Å². The third-order valence-electron chi connectivity index (χ3n) is 3.71. The molecule has 118 valence electrons. The Hall–Kier alpha value is -1.86. The number of aliphatic hydroxyl groups is 3. The molecule has 2 aromatic rings. The van der Waals surface area contributed by atoms with Crippen molar-refractivity contribution >= 4 is 0 Å². The first-order chi connectivity index (χ1) is 10.7. The number of pyridine rings is 2. The van der Waals surface area contributed by atoms with Crippen LogP contribution in [0.2, 0.25) is 0 Å². The molecule has 0 fully saturated rings. The summed E-state index contributed by atoms with van der Waals surface area (Å²) in [5.74, 6) is 0. The number of hydrogen-bond acceptors (Lipinski definition) is 6. The Morgan fingerprint density at radius 3 is 1.55 bits per heavy atom. The molecule has 0 unspecified atom stereocenters. The summed E-state index contributed by atoms with van der Waals surface area (Å²) in [7, 11) is 0. The zero-order valence-electron chi connectivity index (χ0n) is 12.3. The number of rotatable bonds is 8. The fraction of sp³-hybridized carbons (Fsp3) is 0.375. The van der Waals surface area contributed by atoms with E-state index in [1.54, 1.807) is 17.3 Å². The van der Waals surface area contributed by atoms with Crippen LogP contribution in [0.3, 0.4) is 0 Å². The first kappa shape index (κ1) is 16.5. The number of nitrogens with zero attached hydrogens (tertiary/aromatic N) is 3. The molecule has 0 spiro atoms. The molecule has 6 heteroatoms. The van der Waals surface area contributed by atoms with E-state index in [0.29, 0.717) is 13.1 Å². The van der Waals surface area contributed by atoms with Gasteiger partial charge >= 0.3 is 0 Å². The summed E-state index contributed by atoms with van der Waals surface area (Å²) in [5.41, 5.74) is 0.450. The van der Waals surface area contributed by atoms with E-state index in [1.165, 1.54) is 0 Å². The average molecular weight is 303 g/mol. The van der Waals surface area contributed by atoms with Crippen LogP contribution in [0.15, 0.2) is 48.8 Å². The molecule has 0 aliphatic heterocycles. The van der Waals surface area contributed by atoms with E-state index in [2.05, 4.69) is 9.97 Å². The highest BCUT2D eigenvalue weighted by Crippen LogP contribution is 2.20. The van der Waals surface area contributed by atoms with Crippen molar-refractivity contribution in [3.63, 3.8) is 0 Å². The summed E-state index contributed by atoms with van der Waals surface area (Å²) < 4.78 is 0. The minimum atomic E-state index is -1.13. The molecular formula is C16H21N3O3. The summed E-state index contributed by atoms with van der Waals surface area (Å²) in [6.07, 6.45) is 3.37. The number of aliphatic hydroxyl groups excluding tert-OH is 3. The maximum absolute atomic E-state index is 9.70. The van der Waals surface area contributed by atoms with Crippen molar-refractivity contribution in [2.24, 2.45) is 0 Å². The Morgan fingerprint density at radius 2 is 1.23 bits per heavy atom. The third-order valence-corrected chi connectivity index (χ3v) is 3.71. The molecule has 2 aromatic heterocycles. The van der Waals surface area contributed by atoms with Gasteiger partial charge in [0.05, 0.1) is 36.7 Å². The third kappa shape index (κ3) is 3.86. The van der Waals surface area contributed by atoms with Crippen molar-refractivity contribution in [1.82, 2.24) is 14.9 Å². The van der Waals surface area contributed by atoms with E-state index in [0.717, 1.165) is 11.4 Å². The Balaban J connectivity index is 2.27. The smallest absolute Gasteiger partial charge is 0.0913 e. The van der Waals surface area contributed by atoms with Gasteiger partial charge in [0, 0.05) is 25.5 Å². The molecule has 0 aliphatic rings. The molecule has 3 N–H and O–H groups in total. The molecular weight excluding hydrogens is 282 g/mol. The average Bonchev–Trinajstić information content (AvgIpc) is 2.59. The van der Waals surface area contributed by atoms with Crippen molar-refractivity contribution in [2.75, 3.05) is 19.8 Å². The molecule has 22 heavy (non-hydrogen) atoms. The van der Waals surface area contributed by atoms with Gasteiger partial charge < -0.3 is 15.3 Å². The highest BCUT2D eigenvalue weighted by atomic mass is 16.3. The van der Waals surface area contributed by atoms with Gasteiger partial charge in [0.25, 0.3) is 0 Å². The molecule has 0 amide bonds. The normalized spacial score (nSPS) is 11.8. The van der Waals surface area contributed by atoms with Crippen LogP contribution in [0.25, 0.3) is 0 Å². The van der Waals surface area contributed by atoms with E-state index >= 15 is 0 Å². The second-order valence-electron chi connectivity index (χ2n) is 5.20. The van der Waals surface area contributed by atoms with Crippen molar-refractivity contribution in [2.45, 2.75) is 18.6 Å². The van der Waals surface area contributed by atoms with Crippen LogP contribution in [0.1, 0.15) is 11.4 Å². The summed E-state index contributed by atoms with van der Waals surface area (Å²) in [5, 5.41) is 29.1. The van der Waals surface area contributed by atoms with Crippen LogP contribution in [0.4, 0.5) is 0 Å². The lowest BCUT2D eigenvalue weighted by molar-refractivity contribution is -0.0578. The first-order valence-electron chi connectivity index (χ1n) is 7.11. The van der Waals surface area contributed by atoms with Crippen molar-refractivity contribution in [1.29, 1.82) is 0 Å². The molecule has 0 aliphatic carbocycles. The van der Waals surface area contributed by atoms with Gasteiger partial charge in [-0.2, -0.15) is 0 Å². The minimum absolute atomic E-state index is 0.361. The summed E-state index contributed by atoms with van der Waals surface area (Å²) in [4.78, 5) is 10.3. The predicted octanol–water partition coefficient (Wildman–Crippen LogP) is 0.194. The highest BCUT2D eigenvalue weighted by molar-refractivity contribution is 5.08. The molecule has 0 bridgehead atoms. The highest BCUT2D eigenvalue weighted by Gasteiger charge is 2.35. The number of aromatic nitrogens is 2. The van der Waals surface area contributed by atoms with Crippen LogP contribution in [0, 0.1) is 0 Å². The second kappa shape index (κ2) is 7.95. The lowest BCUT2D eigenvalue weighted by Crippen LogP contribution is -2.56. The summed E-state index contributed by atoms with van der Waals surface area (Å²) in [6, 6.07) is 11.1. The van der Waals surface area contributed by atoms with Crippen LogP contribution >= 0.6 is 0 Å². The molecule has 6 nitrogen and oxygen atoms in total. The zero-order valence-corrected chi connectivity index (χ0v) is 12.3. The summed E-state index contributed by atoms with van der Waals surface area (Å²) in [6.45, 7) is -0.308. The SMILES string of the molecule is OCC(CO)(CO)N(Cc1ccccn1)Cc1ccccn1. The fourth-order valence-electron chi connectivity index (χ4n) is 2.22. The molecule has 0 saturated carbocycles. The second-order valence-corrected chi connectivity index (χ2v) is 5.20. The maximum atomic E-state index is 9.70. The van der Waals surface area contributed by atoms with Gasteiger partial charge in [-0.15, -0.1) is 0 Å². The van der Waals surface area contributed by atoms with E-state index in [4.69, 9.17) is 0 Å². The molecule has 0 aromatic carbocycles. The molecule has 0 radical (unpaired) electrons. The predicted molar refractivity (Wildman–Crippen MR) is 81.7 cm³/mol. The topological polar surface area (TPSA) is 89.7 Å². The van der Waals surface area contributed by atoms with Crippen LogP contribution in [0.5, 0.6) is 0 Å². The van der Waals surface area contributed by atoms with Crippen molar-refractivity contribution in [3.8, 4) is 0 Å². The van der Waals surface area contributed by atoms with E-state index < -0.39 is 5.54 Å². The monoisotopic (exact) mass is 303 g/mol. The molecule has 0 atom stereocenters. The van der Waals surface area contributed by atoms with Crippen LogP contribution in [-0.4, -0.2) is 55.5 Å². The lowest BCUT2D eigenvalue weighted by Gasteiger charge is -2.39. The Bertz CT molecular complexity index is 497. The minimum Gasteiger partial charge on any atom is -0.394 e. The Morgan fingerprint density at radius 1 is 0.773 bits per heavy atom. The van der Waals surface area contributed by atoms with Gasteiger partial charge in [0.15, 0.2) is 0 Å². The van der Waals surface area contributed by atoms with Gasteiger partial charge in [-0.05, 0) is 24.3 Å². The maximum Gasteiger partial charge on any atom is 0.0913 e. The first-order valence-corrected chi connectivity index (χ1v) is 7.11. The largest absolute Gasteiger partial charge is 0.394 e. The van der Waals surface area contributed by atoms with Crippen molar-refractivity contribution in [3.05, 3.63) is 60.2 Å². The molecule has 2 heterocycles. The standard InChI is InChI=1S/C16H21N3O3/c20-11-16(12-21,13-22)19(9-14-5-1-3-7-17-14)10-15-6-2-4-8-18-15/h1-8,20-22H,9-13H2. The quantitative estimate of drug-likeness (QED) is 0.645. The van der Waals surface area contributed by atoms with Crippen molar-refractivity contribution < 1.29 is 15.3 Å². The van der Waals surface area contributed by atoms with E-state index in [9.17, 15) is 15.3 Å². The van der Waals surface area contributed by atoms with Crippen LogP contribution in [-0.2, 0) is 13.1 Å². The van der Waals surface area contributed by atoms with Gasteiger partial charge in [0.1, 0.15) is 0 Å².